The van der Waals surface area contributed by atoms with Crippen molar-refractivity contribution in [3.8, 4) is 34.4 Å². The number of nitrogen functional groups attached to an aromatic ring is 1. The molecule has 10 nitrogen and oxygen atoms in total. The van der Waals surface area contributed by atoms with E-state index in [0.29, 0.717) is 17.2 Å². The van der Waals surface area contributed by atoms with Crippen LogP contribution in [0.2, 0.25) is 0 Å². The summed E-state index contributed by atoms with van der Waals surface area (Å²) in [5, 5.41) is 12.2. The van der Waals surface area contributed by atoms with Crippen molar-refractivity contribution in [2.75, 3.05) is 18.8 Å². The number of fused-ring (bicyclic) bond motifs is 1. The Balaban J connectivity index is 1.09. The lowest BCUT2D eigenvalue weighted by atomic mass is 10.0. The lowest BCUT2D eigenvalue weighted by Crippen LogP contribution is -2.44. The van der Waals surface area contributed by atoms with Crippen LogP contribution in [-0.4, -0.2) is 54.4 Å². The summed E-state index contributed by atoms with van der Waals surface area (Å²) >= 11 is 0. The quantitative estimate of drug-likeness (QED) is 0.247. The van der Waals surface area contributed by atoms with Crippen LogP contribution in [0, 0.1) is 11.3 Å². The molecule has 0 atom stereocenters. The van der Waals surface area contributed by atoms with Crippen molar-refractivity contribution >= 4 is 22.9 Å². The third-order valence-corrected chi connectivity index (χ3v) is 8.30. The van der Waals surface area contributed by atoms with Gasteiger partial charge >= 0.3 is 0 Å². The smallest absolute Gasteiger partial charge is 0.270 e. The molecule has 46 heavy (non-hydrogen) atoms. The van der Waals surface area contributed by atoms with Crippen LogP contribution in [-0.2, 0) is 6.54 Å². The number of hydrogen-bond acceptors (Lipinski definition) is 8. The second-order valence-electron chi connectivity index (χ2n) is 11.3. The van der Waals surface area contributed by atoms with Gasteiger partial charge in [-0.1, -0.05) is 42.5 Å². The standard InChI is InChI=1S/C36H31N9O/c37-22-25-14-18-39-32(21-25)36(46)41-27-15-19-44(20-16-27)23-24-8-10-28(11-9-24)45-34(29-7-4-17-40-33(29)38)43-31-13-12-30(42-35(31)45)26-5-2-1-3-6-26/h1-14,17-18,21,27H,15-16,19-20,23H2,(H2,38,40)(H,41,46). The van der Waals surface area contributed by atoms with E-state index in [4.69, 9.17) is 21.0 Å². The van der Waals surface area contributed by atoms with Gasteiger partial charge in [-0.25, -0.2) is 15.0 Å². The molecular weight excluding hydrogens is 574 g/mol. The van der Waals surface area contributed by atoms with E-state index in [1.807, 2.05) is 59.2 Å². The molecule has 1 amide bonds. The number of anilines is 1. The number of pyridine rings is 3. The number of nitrogens with zero attached hydrogens (tertiary/aromatic N) is 7. The molecule has 0 radical (unpaired) electrons. The number of likely N-dealkylation sites (tertiary alicyclic amines) is 1. The number of rotatable bonds is 7. The maximum absolute atomic E-state index is 12.7. The van der Waals surface area contributed by atoms with Crippen molar-refractivity contribution < 1.29 is 4.79 Å². The monoisotopic (exact) mass is 605 g/mol. The van der Waals surface area contributed by atoms with Crippen molar-refractivity contribution in [3.05, 3.63) is 120 Å². The number of piperidine rings is 1. The Hall–Kier alpha value is -5.92. The van der Waals surface area contributed by atoms with Crippen LogP contribution in [0.4, 0.5) is 5.82 Å². The topological polar surface area (TPSA) is 139 Å². The molecular formula is C36H31N9O. The molecule has 0 bridgehead atoms. The summed E-state index contributed by atoms with van der Waals surface area (Å²) in [5.74, 6) is 0.853. The minimum atomic E-state index is -0.240. The van der Waals surface area contributed by atoms with Crippen molar-refractivity contribution in [2.45, 2.75) is 25.4 Å². The Bertz CT molecular complexity index is 2060. The zero-order valence-corrected chi connectivity index (χ0v) is 25.0. The first-order valence-corrected chi connectivity index (χ1v) is 15.2. The minimum absolute atomic E-state index is 0.0693. The Kier molecular flexibility index (Phi) is 7.89. The number of hydrogen-bond donors (Lipinski definition) is 2. The first-order valence-electron chi connectivity index (χ1n) is 15.2. The summed E-state index contributed by atoms with van der Waals surface area (Å²) in [6.07, 6.45) is 4.85. The van der Waals surface area contributed by atoms with Gasteiger partial charge in [-0.3, -0.25) is 19.2 Å². The number of carbonyl (C=O) groups excluding carboxylic acids is 1. The molecule has 0 spiro atoms. The number of amides is 1. The van der Waals surface area contributed by atoms with E-state index in [1.165, 1.54) is 17.8 Å². The molecule has 1 aliphatic heterocycles. The minimum Gasteiger partial charge on any atom is -0.383 e. The predicted molar refractivity (Wildman–Crippen MR) is 177 cm³/mol. The zero-order valence-electron chi connectivity index (χ0n) is 25.0. The Morgan fingerprint density at radius 2 is 1.72 bits per heavy atom. The van der Waals surface area contributed by atoms with Gasteiger partial charge in [-0.15, -0.1) is 0 Å². The average molecular weight is 606 g/mol. The molecule has 226 valence electrons. The van der Waals surface area contributed by atoms with Gasteiger partial charge in [0.05, 0.1) is 22.9 Å². The number of benzene rings is 2. The highest BCUT2D eigenvalue weighted by atomic mass is 16.1. The van der Waals surface area contributed by atoms with E-state index in [-0.39, 0.29) is 17.6 Å². The highest BCUT2D eigenvalue weighted by molar-refractivity contribution is 5.92. The van der Waals surface area contributed by atoms with E-state index in [0.717, 1.165) is 66.1 Å². The second-order valence-corrected chi connectivity index (χ2v) is 11.3. The third kappa shape index (κ3) is 5.92. The highest BCUT2D eigenvalue weighted by Gasteiger charge is 2.23. The van der Waals surface area contributed by atoms with E-state index < -0.39 is 0 Å². The molecule has 1 aliphatic rings. The van der Waals surface area contributed by atoms with Crippen LogP contribution in [0.25, 0.3) is 39.5 Å². The van der Waals surface area contributed by atoms with Gasteiger partial charge in [0.25, 0.3) is 5.91 Å². The molecule has 0 unspecified atom stereocenters. The summed E-state index contributed by atoms with van der Waals surface area (Å²) in [5.41, 5.74) is 13.3. The van der Waals surface area contributed by atoms with E-state index in [9.17, 15) is 4.79 Å². The summed E-state index contributed by atoms with van der Waals surface area (Å²) in [7, 11) is 0. The van der Waals surface area contributed by atoms with Crippen molar-refractivity contribution in [1.82, 2.24) is 34.7 Å². The Morgan fingerprint density at radius 1 is 0.913 bits per heavy atom. The first-order chi connectivity index (χ1) is 22.6. The molecule has 0 aliphatic carbocycles. The lowest BCUT2D eigenvalue weighted by Gasteiger charge is -2.32. The van der Waals surface area contributed by atoms with Crippen LogP contribution in [0.15, 0.2) is 103 Å². The predicted octanol–water partition coefficient (Wildman–Crippen LogP) is 5.39. The lowest BCUT2D eigenvalue weighted by molar-refractivity contribution is 0.0904. The highest BCUT2D eigenvalue weighted by Crippen LogP contribution is 2.32. The molecule has 1 fully saturated rings. The number of nitrogens with two attached hydrogens (primary N) is 1. The van der Waals surface area contributed by atoms with Crippen LogP contribution in [0.3, 0.4) is 0 Å². The summed E-state index contributed by atoms with van der Waals surface area (Å²) in [6.45, 7) is 2.53. The van der Waals surface area contributed by atoms with Crippen LogP contribution in [0.5, 0.6) is 0 Å². The molecule has 2 aromatic carbocycles. The van der Waals surface area contributed by atoms with Gasteiger partial charge in [0.1, 0.15) is 17.0 Å². The van der Waals surface area contributed by atoms with Gasteiger partial charge < -0.3 is 11.1 Å². The number of carbonyl (C=O) groups is 1. The zero-order chi connectivity index (χ0) is 31.5. The van der Waals surface area contributed by atoms with E-state index in [1.54, 1.807) is 12.3 Å². The number of nitriles is 1. The number of aromatic nitrogens is 5. The van der Waals surface area contributed by atoms with Gasteiger partial charge in [-0.2, -0.15) is 5.26 Å². The number of nitrogens with one attached hydrogen (secondary N) is 1. The molecule has 4 aromatic heterocycles. The number of imidazole rings is 1. The third-order valence-electron chi connectivity index (χ3n) is 8.30. The fraction of sp³-hybridized carbons (Fsp3) is 0.167. The molecule has 5 heterocycles. The Labute approximate surface area is 266 Å². The molecule has 0 saturated carbocycles. The molecule has 10 heteroatoms. The fourth-order valence-electron chi connectivity index (χ4n) is 5.89. The summed E-state index contributed by atoms with van der Waals surface area (Å²) < 4.78 is 2.05. The van der Waals surface area contributed by atoms with Crippen molar-refractivity contribution in [2.24, 2.45) is 0 Å². The van der Waals surface area contributed by atoms with Crippen LogP contribution >= 0.6 is 0 Å². The summed E-state index contributed by atoms with van der Waals surface area (Å²) in [6, 6.07) is 31.6. The molecule has 3 N–H and O–H groups in total. The van der Waals surface area contributed by atoms with E-state index >= 15 is 0 Å². The summed E-state index contributed by atoms with van der Waals surface area (Å²) in [4.78, 5) is 33.5. The van der Waals surface area contributed by atoms with Gasteiger partial charge in [0.2, 0.25) is 0 Å². The maximum atomic E-state index is 12.7. The largest absolute Gasteiger partial charge is 0.383 e. The second kappa shape index (κ2) is 12.6. The Morgan fingerprint density at radius 3 is 2.48 bits per heavy atom. The van der Waals surface area contributed by atoms with Gasteiger partial charge in [-0.05, 0) is 66.9 Å². The maximum Gasteiger partial charge on any atom is 0.270 e. The first kappa shape index (κ1) is 28.8. The molecule has 1 saturated heterocycles. The van der Waals surface area contributed by atoms with Gasteiger partial charge in [0, 0.05) is 49.3 Å². The SMILES string of the molecule is N#Cc1ccnc(C(=O)NC2CCN(Cc3ccc(-n4c(-c5cccnc5N)nc5ccc(-c6ccccc6)nc54)cc3)CC2)c1. The van der Waals surface area contributed by atoms with Crippen molar-refractivity contribution in [1.29, 1.82) is 5.26 Å². The van der Waals surface area contributed by atoms with Crippen LogP contribution in [0.1, 0.15) is 34.5 Å². The average Bonchev–Trinajstić information content (AvgIpc) is 3.48. The van der Waals surface area contributed by atoms with Gasteiger partial charge in [0.15, 0.2) is 11.5 Å². The van der Waals surface area contributed by atoms with Crippen LogP contribution < -0.4 is 11.1 Å². The van der Waals surface area contributed by atoms with E-state index in [2.05, 4.69) is 50.5 Å². The molecule has 6 aromatic rings. The van der Waals surface area contributed by atoms with Crippen molar-refractivity contribution in [3.63, 3.8) is 0 Å². The molecule has 7 rings (SSSR count). The fourth-order valence-corrected chi connectivity index (χ4v) is 5.89. The normalized spacial score (nSPS) is 13.8.